The van der Waals surface area contributed by atoms with Crippen molar-refractivity contribution in [1.82, 2.24) is 14.9 Å². The summed E-state index contributed by atoms with van der Waals surface area (Å²) in [6, 6.07) is 22.5. The molecule has 2 aliphatic heterocycles. The van der Waals surface area contributed by atoms with Crippen LogP contribution >= 0.6 is 12.2 Å². The van der Waals surface area contributed by atoms with E-state index in [1.54, 1.807) is 0 Å². The molecule has 1 aliphatic carbocycles. The van der Waals surface area contributed by atoms with Crippen LogP contribution in [0.4, 0.5) is 5.69 Å². The second-order valence-corrected chi connectivity index (χ2v) is 11.1. The lowest BCUT2D eigenvalue weighted by molar-refractivity contribution is 0.174. The average molecular weight is 553 g/mol. The Labute approximate surface area is 239 Å². The fraction of sp³-hybridized carbons (Fsp3) is 0.312. The van der Waals surface area contributed by atoms with E-state index in [4.69, 9.17) is 31.4 Å². The Morgan fingerprint density at radius 3 is 2.48 bits per heavy atom. The lowest BCUT2D eigenvalue weighted by Crippen LogP contribution is -2.29. The van der Waals surface area contributed by atoms with Gasteiger partial charge < -0.3 is 29.0 Å². The van der Waals surface area contributed by atoms with E-state index in [1.807, 2.05) is 30.5 Å². The second-order valence-electron chi connectivity index (χ2n) is 10.7. The highest BCUT2D eigenvalue weighted by molar-refractivity contribution is 7.80. The molecule has 204 valence electrons. The number of ether oxygens (including phenoxy) is 3. The molecule has 7 nitrogen and oxygen atoms in total. The van der Waals surface area contributed by atoms with E-state index in [2.05, 4.69) is 71.1 Å². The fourth-order valence-electron chi connectivity index (χ4n) is 6.34. The van der Waals surface area contributed by atoms with Crippen molar-refractivity contribution >= 4 is 23.0 Å². The van der Waals surface area contributed by atoms with Gasteiger partial charge in [-0.1, -0.05) is 6.07 Å². The van der Waals surface area contributed by atoms with Crippen molar-refractivity contribution in [2.45, 2.75) is 57.7 Å². The quantitative estimate of drug-likeness (QED) is 0.267. The molecule has 0 spiro atoms. The topological polar surface area (TPSA) is 60.8 Å². The van der Waals surface area contributed by atoms with Crippen molar-refractivity contribution < 1.29 is 14.2 Å². The van der Waals surface area contributed by atoms with Crippen LogP contribution in [0, 0.1) is 13.8 Å². The van der Waals surface area contributed by atoms with Gasteiger partial charge in [-0.3, -0.25) is 4.98 Å². The smallest absolute Gasteiger partial charge is 0.231 e. The zero-order valence-electron chi connectivity index (χ0n) is 22.7. The molecule has 1 N–H and O–H groups in total. The fourth-order valence-corrected chi connectivity index (χ4v) is 6.69. The summed E-state index contributed by atoms with van der Waals surface area (Å²) >= 11 is 5.97. The summed E-state index contributed by atoms with van der Waals surface area (Å²) in [5.41, 5.74) is 6.46. The number of pyridine rings is 1. The Kier molecular flexibility index (Phi) is 6.35. The minimum Gasteiger partial charge on any atom is -0.490 e. The van der Waals surface area contributed by atoms with Gasteiger partial charge in [-0.2, -0.15) is 0 Å². The van der Waals surface area contributed by atoms with Crippen molar-refractivity contribution in [2.24, 2.45) is 0 Å². The third-order valence-corrected chi connectivity index (χ3v) is 8.54. The highest BCUT2D eigenvalue weighted by Gasteiger charge is 2.42. The van der Waals surface area contributed by atoms with Gasteiger partial charge >= 0.3 is 0 Å². The molecule has 4 aromatic rings. The van der Waals surface area contributed by atoms with Crippen LogP contribution in [0.2, 0.25) is 0 Å². The van der Waals surface area contributed by atoms with Gasteiger partial charge in [-0.05, 0) is 112 Å². The summed E-state index contributed by atoms with van der Waals surface area (Å²) in [6.45, 7) is 4.56. The zero-order valence-corrected chi connectivity index (χ0v) is 23.5. The van der Waals surface area contributed by atoms with E-state index in [0.717, 1.165) is 58.5 Å². The summed E-state index contributed by atoms with van der Waals surface area (Å²) in [5.74, 6) is 2.45. The monoisotopic (exact) mass is 552 g/mol. The van der Waals surface area contributed by atoms with Crippen molar-refractivity contribution in [3.05, 3.63) is 95.6 Å². The van der Waals surface area contributed by atoms with E-state index in [1.165, 1.54) is 18.4 Å². The average Bonchev–Trinajstić information content (AvgIpc) is 3.77. The number of nitrogens with zero attached hydrogens (tertiary/aromatic N) is 3. The minimum atomic E-state index is -0.117. The van der Waals surface area contributed by atoms with Gasteiger partial charge in [0.1, 0.15) is 5.75 Å². The van der Waals surface area contributed by atoms with Crippen LogP contribution in [-0.4, -0.2) is 27.6 Å². The first kappa shape index (κ1) is 25.0. The van der Waals surface area contributed by atoms with Crippen LogP contribution in [0.25, 0.3) is 5.69 Å². The lowest BCUT2D eigenvalue weighted by Gasteiger charge is -2.28. The van der Waals surface area contributed by atoms with Gasteiger partial charge in [-0.15, -0.1) is 0 Å². The molecular formula is C32H32N4O3S. The maximum atomic E-state index is 6.24. The Morgan fingerprint density at radius 1 is 0.925 bits per heavy atom. The number of rotatable bonds is 6. The Bertz CT molecular complexity index is 1550. The van der Waals surface area contributed by atoms with E-state index in [9.17, 15) is 0 Å². The molecule has 40 heavy (non-hydrogen) atoms. The Balaban J connectivity index is 1.29. The Morgan fingerprint density at radius 2 is 1.70 bits per heavy atom. The van der Waals surface area contributed by atoms with Crippen LogP contribution in [0.15, 0.2) is 72.9 Å². The maximum absolute atomic E-state index is 6.24. The number of fused-ring (bicyclic) bond motifs is 1. The lowest BCUT2D eigenvalue weighted by atomic mass is 9.96. The standard InChI is InChI=1S/C32H32N4O3S/c1-20-17-26(21(2)35(20)23-12-15-28-29(18-23)38-19-37-28)31-30(27-9-5-6-16-33-27)34-32(40)36(31)22-10-13-25(14-11-22)39-24-7-3-4-8-24/h5-6,9-18,24,30-31H,3-4,7-8,19H2,1-2H3,(H,34,40)/t30-,31-/m0/s1. The van der Waals surface area contributed by atoms with Gasteiger partial charge in [-0.25, -0.2) is 0 Å². The minimum absolute atomic E-state index is 0.0991. The molecule has 0 bridgehead atoms. The largest absolute Gasteiger partial charge is 0.490 e. The molecule has 2 fully saturated rings. The number of thiocarbonyl (C=S) groups is 1. The molecule has 8 heteroatoms. The van der Waals surface area contributed by atoms with E-state index >= 15 is 0 Å². The predicted octanol–water partition coefficient (Wildman–Crippen LogP) is 6.72. The number of hydrogen-bond donors (Lipinski definition) is 1. The molecule has 0 amide bonds. The number of hydrogen-bond acceptors (Lipinski definition) is 5. The normalized spacial score (nSPS) is 20.2. The molecule has 2 aromatic heterocycles. The van der Waals surface area contributed by atoms with Crippen molar-refractivity contribution in [1.29, 1.82) is 0 Å². The molecule has 2 atom stereocenters. The molecule has 2 aromatic carbocycles. The van der Waals surface area contributed by atoms with Crippen LogP contribution in [0.3, 0.4) is 0 Å². The highest BCUT2D eigenvalue weighted by Crippen LogP contribution is 2.44. The van der Waals surface area contributed by atoms with E-state index in [0.29, 0.717) is 11.2 Å². The van der Waals surface area contributed by atoms with Crippen molar-refractivity contribution in [3.63, 3.8) is 0 Å². The predicted molar refractivity (Wildman–Crippen MR) is 159 cm³/mol. The van der Waals surface area contributed by atoms with Gasteiger partial charge in [0.2, 0.25) is 6.79 Å². The van der Waals surface area contributed by atoms with Crippen LogP contribution in [0.5, 0.6) is 17.2 Å². The second kappa shape index (κ2) is 10.2. The van der Waals surface area contributed by atoms with Crippen molar-refractivity contribution in [3.8, 4) is 22.9 Å². The van der Waals surface area contributed by atoms with Crippen LogP contribution in [0.1, 0.15) is 60.4 Å². The third kappa shape index (κ3) is 4.36. The summed E-state index contributed by atoms with van der Waals surface area (Å²) in [7, 11) is 0. The molecule has 7 rings (SSSR count). The van der Waals surface area contributed by atoms with E-state index in [-0.39, 0.29) is 18.9 Å². The van der Waals surface area contributed by atoms with Gasteiger partial charge in [0.15, 0.2) is 16.6 Å². The first-order valence-corrected chi connectivity index (χ1v) is 14.3. The SMILES string of the molecule is Cc1cc([C@H]2[C@H](c3ccccn3)NC(=S)N2c2ccc(OC3CCCC3)cc2)c(C)n1-c1ccc2c(c1)OCO2. The number of aryl methyl sites for hydroxylation is 1. The number of benzene rings is 2. The number of nitrogens with one attached hydrogen (secondary N) is 1. The molecule has 3 aliphatic rings. The summed E-state index contributed by atoms with van der Waals surface area (Å²) in [4.78, 5) is 6.94. The first-order valence-electron chi connectivity index (χ1n) is 13.9. The van der Waals surface area contributed by atoms with Crippen LogP contribution in [-0.2, 0) is 0 Å². The molecule has 0 unspecified atom stereocenters. The highest BCUT2D eigenvalue weighted by atomic mass is 32.1. The van der Waals surface area contributed by atoms with E-state index < -0.39 is 0 Å². The Hall–Kier alpha value is -4.04. The van der Waals surface area contributed by atoms with Gasteiger partial charge in [0, 0.05) is 35.0 Å². The van der Waals surface area contributed by atoms with Gasteiger partial charge in [0.25, 0.3) is 0 Å². The van der Waals surface area contributed by atoms with Gasteiger partial charge in [0.05, 0.1) is 23.9 Å². The summed E-state index contributed by atoms with van der Waals surface area (Å²) < 4.78 is 19.7. The number of aromatic nitrogens is 2. The molecule has 1 saturated heterocycles. The maximum Gasteiger partial charge on any atom is 0.231 e. The molecule has 1 saturated carbocycles. The molecular weight excluding hydrogens is 520 g/mol. The summed E-state index contributed by atoms with van der Waals surface area (Å²) in [6.07, 6.45) is 6.92. The third-order valence-electron chi connectivity index (χ3n) is 8.22. The zero-order chi connectivity index (χ0) is 27.2. The summed E-state index contributed by atoms with van der Waals surface area (Å²) in [5, 5.41) is 4.27. The first-order chi connectivity index (χ1) is 19.6. The van der Waals surface area contributed by atoms with Crippen molar-refractivity contribution in [2.75, 3.05) is 11.7 Å². The molecule has 0 radical (unpaired) electrons. The molecule has 4 heterocycles. The van der Waals surface area contributed by atoms with Crippen LogP contribution < -0.4 is 24.4 Å². The number of anilines is 1.